The molecule has 1 N–H and O–H groups in total. The highest BCUT2D eigenvalue weighted by Crippen LogP contribution is 2.48. The van der Waals surface area contributed by atoms with Crippen LogP contribution in [0.25, 0.3) is 0 Å². The van der Waals surface area contributed by atoms with Crippen molar-refractivity contribution in [2.75, 3.05) is 19.4 Å². The van der Waals surface area contributed by atoms with Gasteiger partial charge in [0.05, 0.1) is 25.5 Å². The molecule has 0 heterocycles. The molecule has 4 nitrogen and oxygen atoms in total. The first-order valence-corrected chi connectivity index (χ1v) is 6.97. The normalized spacial score (nSPS) is 13.8. The van der Waals surface area contributed by atoms with Crippen LogP contribution in [0.1, 0.15) is 26.7 Å². The molecular weight excluding hydrogens is 215 g/mol. The standard InChI is InChI=1S/C10H21O4P/c1-4-7-8-10(11)9-15(12,13-5-2)14-6-3/h4,10-11H,1,5-9H2,2-3H3. The van der Waals surface area contributed by atoms with Crippen LogP contribution >= 0.6 is 7.60 Å². The molecule has 0 fully saturated rings. The van der Waals surface area contributed by atoms with Gasteiger partial charge in [0.25, 0.3) is 0 Å². The number of aliphatic hydroxyl groups is 1. The summed E-state index contributed by atoms with van der Waals surface area (Å²) in [7, 11) is -3.10. The first-order valence-electron chi connectivity index (χ1n) is 5.25. The second-order valence-corrected chi connectivity index (χ2v) is 5.25. The highest BCUT2D eigenvalue weighted by molar-refractivity contribution is 7.53. The van der Waals surface area contributed by atoms with E-state index in [1.807, 2.05) is 0 Å². The van der Waals surface area contributed by atoms with Gasteiger partial charge in [-0.25, -0.2) is 0 Å². The molecule has 1 unspecified atom stereocenters. The van der Waals surface area contributed by atoms with Crippen LogP contribution in [0, 0.1) is 0 Å². The van der Waals surface area contributed by atoms with Gasteiger partial charge >= 0.3 is 7.60 Å². The molecule has 0 aromatic carbocycles. The first-order chi connectivity index (χ1) is 7.08. The van der Waals surface area contributed by atoms with Crippen molar-refractivity contribution in [1.29, 1.82) is 0 Å². The quantitative estimate of drug-likeness (QED) is 0.494. The zero-order valence-corrected chi connectivity index (χ0v) is 10.4. The molecule has 0 amide bonds. The lowest BCUT2D eigenvalue weighted by molar-refractivity contribution is 0.162. The summed E-state index contributed by atoms with van der Waals surface area (Å²) < 4.78 is 22.1. The van der Waals surface area contributed by atoms with E-state index in [1.165, 1.54) is 0 Å². The molecule has 0 aliphatic heterocycles. The largest absolute Gasteiger partial charge is 0.392 e. The van der Waals surface area contributed by atoms with E-state index in [4.69, 9.17) is 9.05 Å². The minimum absolute atomic E-state index is 0.0581. The van der Waals surface area contributed by atoms with Crippen LogP contribution in [0.5, 0.6) is 0 Å². The molecule has 0 aromatic rings. The predicted octanol–water partition coefficient (Wildman–Crippen LogP) is 2.58. The van der Waals surface area contributed by atoms with Crippen molar-refractivity contribution in [2.45, 2.75) is 32.8 Å². The number of hydrogen-bond acceptors (Lipinski definition) is 4. The third kappa shape index (κ3) is 6.85. The fourth-order valence-corrected chi connectivity index (χ4v) is 2.97. The number of allylic oxidation sites excluding steroid dienone is 1. The molecule has 0 bridgehead atoms. The summed E-state index contributed by atoms with van der Waals surface area (Å²) in [6.45, 7) is 7.71. The second-order valence-electron chi connectivity index (χ2n) is 3.15. The van der Waals surface area contributed by atoms with Gasteiger partial charge < -0.3 is 14.2 Å². The smallest absolute Gasteiger partial charge is 0.333 e. The summed E-state index contributed by atoms with van der Waals surface area (Å²) in [5.74, 6) is 0. The molecule has 5 heteroatoms. The molecular formula is C10H21O4P. The van der Waals surface area contributed by atoms with E-state index in [0.29, 0.717) is 26.1 Å². The Bertz CT molecular complexity index is 207. The summed E-state index contributed by atoms with van der Waals surface area (Å²) in [5.41, 5.74) is 0. The van der Waals surface area contributed by atoms with Gasteiger partial charge in [0.1, 0.15) is 0 Å². The van der Waals surface area contributed by atoms with Crippen molar-refractivity contribution < 1.29 is 18.7 Å². The zero-order valence-electron chi connectivity index (χ0n) is 9.52. The molecule has 0 rings (SSSR count). The van der Waals surface area contributed by atoms with Crippen LogP contribution in [-0.4, -0.2) is 30.6 Å². The molecule has 1 atom stereocenters. The molecule has 90 valence electrons. The maximum Gasteiger partial charge on any atom is 0.333 e. The summed E-state index contributed by atoms with van der Waals surface area (Å²) in [4.78, 5) is 0. The third-order valence-electron chi connectivity index (χ3n) is 1.79. The molecule has 0 saturated carbocycles. The Balaban J connectivity index is 4.14. The van der Waals surface area contributed by atoms with Gasteiger partial charge in [0.2, 0.25) is 0 Å². The van der Waals surface area contributed by atoms with Gasteiger partial charge in [0.15, 0.2) is 0 Å². The van der Waals surface area contributed by atoms with Gasteiger partial charge in [-0.1, -0.05) is 6.08 Å². The fourth-order valence-electron chi connectivity index (χ4n) is 1.20. The topological polar surface area (TPSA) is 55.8 Å². The molecule has 0 radical (unpaired) electrons. The SMILES string of the molecule is C=CCCC(O)CP(=O)(OCC)OCC. The van der Waals surface area contributed by atoms with E-state index >= 15 is 0 Å². The highest BCUT2D eigenvalue weighted by atomic mass is 31.2. The molecule has 0 saturated heterocycles. The summed E-state index contributed by atoms with van der Waals surface area (Å²) in [6.07, 6.45) is 2.34. The van der Waals surface area contributed by atoms with E-state index in [-0.39, 0.29) is 6.16 Å². The van der Waals surface area contributed by atoms with Crippen LogP contribution in [0.3, 0.4) is 0 Å². The second kappa shape index (κ2) is 8.05. The average molecular weight is 236 g/mol. The van der Waals surface area contributed by atoms with Crippen molar-refractivity contribution in [2.24, 2.45) is 0 Å². The van der Waals surface area contributed by atoms with Crippen molar-refractivity contribution >= 4 is 7.60 Å². The lowest BCUT2D eigenvalue weighted by Crippen LogP contribution is -2.15. The minimum atomic E-state index is -3.10. The van der Waals surface area contributed by atoms with E-state index in [1.54, 1.807) is 19.9 Å². The van der Waals surface area contributed by atoms with Gasteiger partial charge in [-0.05, 0) is 26.7 Å². The van der Waals surface area contributed by atoms with Crippen LogP contribution < -0.4 is 0 Å². The Hall–Kier alpha value is -0.150. The van der Waals surface area contributed by atoms with Gasteiger partial charge in [-0.15, -0.1) is 6.58 Å². The van der Waals surface area contributed by atoms with Gasteiger partial charge in [0, 0.05) is 0 Å². The van der Waals surface area contributed by atoms with Gasteiger partial charge in [-0.3, -0.25) is 4.57 Å². The van der Waals surface area contributed by atoms with Crippen LogP contribution in [0.4, 0.5) is 0 Å². The Morgan fingerprint density at radius 2 is 1.93 bits per heavy atom. The zero-order chi connectivity index (χ0) is 11.7. The molecule has 0 aliphatic rings. The summed E-state index contributed by atoms with van der Waals surface area (Å²) in [6, 6.07) is 0. The van der Waals surface area contributed by atoms with E-state index in [2.05, 4.69) is 6.58 Å². The van der Waals surface area contributed by atoms with Crippen molar-refractivity contribution in [3.8, 4) is 0 Å². The van der Waals surface area contributed by atoms with Crippen LogP contribution in [-0.2, 0) is 13.6 Å². The van der Waals surface area contributed by atoms with Crippen LogP contribution in [0.15, 0.2) is 12.7 Å². The number of rotatable bonds is 9. The summed E-state index contributed by atoms with van der Waals surface area (Å²) >= 11 is 0. The molecule has 15 heavy (non-hydrogen) atoms. The number of aliphatic hydroxyl groups excluding tert-OH is 1. The Morgan fingerprint density at radius 3 is 2.33 bits per heavy atom. The number of hydrogen-bond donors (Lipinski definition) is 1. The third-order valence-corrected chi connectivity index (χ3v) is 3.96. The fraction of sp³-hybridized carbons (Fsp3) is 0.800. The monoisotopic (exact) mass is 236 g/mol. The average Bonchev–Trinajstić information content (AvgIpc) is 2.15. The van der Waals surface area contributed by atoms with E-state index in [9.17, 15) is 9.67 Å². The van der Waals surface area contributed by atoms with Gasteiger partial charge in [-0.2, -0.15) is 0 Å². The highest BCUT2D eigenvalue weighted by Gasteiger charge is 2.26. The summed E-state index contributed by atoms with van der Waals surface area (Å²) in [5, 5.41) is 9.59. The maximum atomic E-state index is 12.0. The first kappa shape index (κ1) is 14.8. The van der Waals surface area contributed by atoms with Crippen LogP contribution in [0.2, 0.25) is 0 Å². The van der Waals surface area contributed by atoms with E-state index < -0.39 is 13.7 Å². The van der Waals surface area contributed by atoms with Crippen molar-refractivity contribution in [3.63, 3.8) is 0 Å². The Morgan fingerprint density at radius 1 is 1.40 bits per heavy atom. The van der Waals surface area contributed by atoms with Crippen molar-refractivity contribution in [3.05, 3.63) is 12.7 Å². The minimum Gasteiger partial charge on any atom is -0.392 e. The maximum absolute atomic E-state index is 12.0. The molecule has 0 spiro atoms. The Labute approximate surface area is 91.8 Å². The Kier molecular flexibility index (Phi) is 7.97. The molecule has 0 aliphatic carbocycles. The van der Waals surface area contributed by atoms with Crippen molar-refractivity contribution in [1.82, 2.24) is 0 Å². The lowest BCUT2D eigenvalue weighted by atomic mass is 10.2. The lowest BCUT2D eigenvalue weighted by Gasteiger charge is -2.19. The predicted molar refractivity (Wildman–Crippen MR) is 61.2 cm³/mol. The van der Waals surface area contributed by atoms with E-state index in [0.717, 1.165) is 0 Å². The molecule has 0 aromatic heterocycles.